The average molecular weight is 398 g/mol. The van der Waals surface area contributed by atoms with Crippen molar-refractivity contribution in [2.75, 3.05) is 24.7 Å². The van der Waals surface area contributed by atoms with Crippen molar-refractivity contribution in [3.05, 3.63) is 65.7 Å². The minimum atomic E-state index is -0.611. The highest BCUT2D eigenvalue weighted by Crippen LogP contribution is 2.15. The van der Waals surface area contributed by atoms with Crippen LogP contribution in [0.1, 0.15) is 22.8 Å². The molecule has 0 spiro atoms. The van der Waals surface area contributed by atoms with Crippen LogP contribution in [0.4, 0.5) is 5.69 Å². The lowest BCUT2D eigenvalue weighted by Gasteiger charge is -2.07. The molecule has 0 radical (unpaired) electrons. The van der Waals surface area contributed by atoms with Gasteiger partial charge in [0.2, 0.25) is 0 Å². The number of rotatable bonds is 8. The Balaban J connectivity index is 1.83. The Morgan fingerprint density at radius 3 is 2.54 bits per heavy atom. The van der Waals surface area contributed by atoms with Crippen LogP contribution in [0.25, 0.3) is 6.08 Å². The summed E-state index contributed by atoms with van der Waals surface area (Å²) in [5.41, 5.74) is 1.75. The maximum atomic E-state index is 12.0. The normalized spacial score (nSPS) is 10.5. The Labute approximate surface area is 168 Å². The Morgan fingerprint density at radius 1 is 1.11 bits per heavy atom. The van der Waals surface area contributed by atoms with Gasteiger partial charge in [-0.15, -0.1) is 11.8 Å². The summed E-state index contributed by atoms with van der Waals surface area (Å²) in [5.74, 6) is -1.32. The predicted molar refractivity (Wildman–Crippen MR) is 111 cm³/mol. The van der Waals surface area contributed by atoms with E-state index in [9.17, 15) is 14.4 Å². The monoisotopic (exact) mass is 398 g/mol. The Kier molecular flexibility index (Phi) is 8.30. The van der Waals surface area contributed by atoms with Gasteiger partial charge in [-0.1, -0.05) is 18.2 Å². The number of anilines is 1. The number of carbonyl (C=O) groups excluding carboxylic acids is 3. The van der Waals surface area contributed by atoms with Gasteiger partial charge in [-0.05, 0) is 55.2 Å². The van der Waals surface area contributed by atoms with Crippen LogP contribution in [0.2, 0.25) is 0 Å². The quantitative estimate of drug-likeness (QED) is 0.405. The molecule has 2 aromatic rings. The van der Waals surface area contributed by atoms with E-state index >= 15 is 0 Å². The highest BCUT2D eigenvalue weighted by Gasteiger charge is 2.08. The zero-order chi connectivity index (χ0) is 20.4. The van der Waals surface area contributed by atoms with Gasteiger partial charge in [0.15, 0.2) is 6.61 Å². The van der Waals surface area contributed by atoms with Gasteiger partial charge < -0.3 is 15.4 Å². The van der Waals surface area contributed by atoms with Crippen LogP contribution < -0.4 is 10.6 Å². The standard InChI is InChI=1S/C21H22N2O4S/c1-3-22-21(26)16-5-4-6-17(13-16)23-19(24)14-27-20(25)12-9-15-7-10-18(28-2)11-8-15/h4-13H,3,14H2,1-2H3,(H,22,26)(H,23,24)/b12-9+. The molecule has 0 bridgehead atoms. The lowest BCUT2D eigenvalue weighted by atomic mass is 10.2. The van der Waals surface area contributed by atoms with Crippen molar-refractivity contribution in [3.8, 4) is 0 Å². The number of esters is 1. The molecular weight excluding hydrogens is 376 g/mol. The number of carbonyl (C=O) groups is 3. The first kappa shape index (κ1) is 21.2. The molecule has 6 nitrogen and oxygen atoms in total. The fourth-order valence-electron chi connectivity index (χ4n) is 2.26. The molecule has 0 unspecified atom stereocenters. The first-order chi connectivity index (χ1) is 13.5. The van der Waals surface area contributed by atoms with Crippen LogP contribution in [0.5, 0.6) is 0 Å². The summed E-state index contributed by atoms with van der Waals surface area (Å²) in [6.45, 7) is 1.92. The minimum Gasteiger partial charge on any atom is -0.452 e. The second-order valence-electron chi connectivity index (χ2n) is 5.70. The Hall–Kier alpha value is -3.06. The number of nitrogens with one attached hydrogen (secondary N) is 2. The Morgan fingerprint density at radius 2 is 1.86 bits per heavy atom. The predicted octanol–water partition coefficient (Wildman–Crippen LogP) is 3.35. The lowest BCUT2D eigenvalue weighted by molar-refractivity contribution is -0.142. The third-order valence-corrected chi connectivity index (χ3v) is 4.36. The van der Waals surface area contributed by atoms with E-state index < -0.39 is 18.5 Å². The van der Waals surface area contributed by atoms with E-state index in [0.717, 1.165) is 10.5 Å². The van der Waals surface area contributed by atoms with Gasteiger partial charge >= 0.3 is 5.97 Å². The summed E-state index contributed by atoms with van der Waals surface area (Å²) in [6, 6.07) is 14.2. The summed E-state index contributed by atoms with van der Waals surface area (Å²) in [5, 5.41) is 5.29. The number of hydrogen-bond acceptors (Lipinski definition) is 5. The van der Waals surface area contributed by atoms with Crippen LogP contribution >= 0.6 is 11.8 Å². The molecule has 28 heavy (non-hydrogen) atoms. The average Bonchev–Trinajstić information content (AvgIpc) is 2.71. The van der Waals surface area contributed by atoms with E-state index in [1.807, 2.05) is 37.4 Å². The van der Waals surface area contributed by atoms with Crippen molar-refractivity contribution >= 4 is 41.3 Å². The van der Waals surface area contributed by atoms with Crippen LogP contribution in [0.15, 0.2) is 59.5 Å². The van der Waals surface area contributed by atoms with Crippen LogP contribution in [-0.2, 0) is 14.3 Å². The molecule has 2 amide bonds. The van der Waals surface area contributed by atoms with E-state index in [1.54, 1.807) is 42.1 Å². The number of benzene rings is 2. The van der Waals surface area contributed by atoms with Gasteiger partial charge in [0, 0.05) is 28.8 Å². The summed E-state index contributed by atoms with van der Waals surface area (Å²) >= 11 is 1.64. The molecule has 0 atom stereocenters. The summed E-state index contributed by atoms with van der Waals surface area (Å²) < 4.78 is 4.94. The van der Waals surface area contributed by atoms with Gasteiger partial charge in [-0.25, -0.2) is 4.79 Å². The van der Waals surface area contributed by atoms with E-state index in [1.165, 1.54) is 6.08 Å². The van der Waals surface area contributed by atoms with E-state index in [2.05, 4.69) is 10.6 Å². The molecule has 2 aromatic carbocycles. The molecule has 7 heteroatoms. The maximum Gasteiger partial charge on any atom is 0.331 e. The number of thioether (sulfide) groups is 1. The topological polar surface area (TPSA) is 84.5 Å². The minimum absolute atomic E-state index is 0.222. The third kappa shape index (κ3) is 6.92. The van der Waals surface area contributed by atoms with Gasteiger partial charge in [0.05, 0.1) is 0 Å². The molecule has 0 fully saturated rings. The van der Waals surface area contributed by atoms with Crippen LogP contribution in [-0.4, -0.2) is 37.2 Å². The zero-order valence-corrected chi connectivity index (χ0v) is 16.5. The van der Waals surface area contributed by atoms with Gasteiger partial charge in [-0.3, -0.25) is 9.59 Å². The maximum absolute atomic E-state index is 12.0. The van der Waals surface area contributed by atoms with Crippen molar-refractivity contribution in [2.45, 2.75) is 11.8 Å². The second kappa shape index (κ2) is 10.9. The summed E-state index contributed by atoms with van der Waals surface area (Å²) in [7, 11) is 0. The van der Waals surface area contributed by atoms with Crippen molar-refractivity contribution in [1.82, 2.24) is 5.32 Å². The fourth-order valence-corrected chi connectivity index (χ4v) is 2.67. The fraction of sp³-hybridized carbons (Fsp3) is 0.190. The summed E-state index contributed by atoms with van der Waals surface area (Å²) in [6.07, 6.45) is 4.89. The van der Waals surface area contributed by atoms with Crippen LogP contribution in [0.3, 0.4) is 0 Å². The molecule has 0 aliphatic rings. The molecule has 0 aliphatic heterocycles. The first-order valence-corrected chi connectivity index (χ1v) is 9.91. The Bertz CT molecular complexity index is 863. The van der Waals surface area contributed by atoms with Gasteiger partial charge in [-0.2, -0.15) is 0 Å². The lowest BCUT2D eigenvalue weighted by Crippen LogP contribution is -2.23. The van der Waals surface area contributed by atoms with Crippen LogP contribution in [0, 0.1) is 0 Å². The first-order valence-electron chi connectivity index (χ1n) is 8.69. The smallest absolute Gasteiger partial charge is 0.331 e. The molecule has 0 aromatic heterocycles. The highest BCUT2D eigenvalue weighted by molar-refractivity contribution is 7.98. The van der Waals surface area contributed by atoms with Crippen molar-refractivity contribution < 1.29 is 19.1 Å². The molecule has 2 rings (SSSR count). The molecule has 2 N–H and O–H groups in total. The number of ether oxygens (including phenoxy) is 1. The second-order valence-corrected chi connectivity index (χ2v) is 6.58. The highest BCUT2D eigenvalue weighted by atomic mass is 32.2. The van der Waals surface area contributed by atoms with Crippen molar-refractivity contribution in [2.24, 2.45) is 0 Å². The SMILES string of the molecule is CCNC(=O)c1cccc(NC(=O)COC(=O)/C=C/c2ccc(SC)cc2)c1. The molecular formula is C21H22N2O4S. The number of hydrogen-bond donors (Lipinski definition) is 2. The molecule has 0 aliphatic carbocycles. The zero-order valence-electron chi connectivity index (χ0n) is 15.7. The molecule has 0 heterocycles. The molecule has 146 valence electrons. The van der Waals surface area contributed by atoms with E-state index in [-0.39, 0.29) is 5.91 Å². The van der Waals surface area contributed by atoms with E-state index in [4.69, 9.17) is 4.74 Å². The summed E-state index contributed by atoms with van der Waals surface area (Å²) in [4.78, 5) is 36.7. The molecule has 0 saturated carbocycles. The van der Waals surface area contributed by atoms with Gasteiger partial charge in [0.1, 0.15) is 0 Å². The van der Waals surface area contributed by atoms with Crippen molar-refractivity contribution in [3.63, 3.8) is 0 Å². The van der Waals surface area contributed by atoms with Gasteiger partial charge in [0.25, 0.3) is 11.8 Å². The largest absolute Gasteiger partial charge is 0.452 e. The van der Waals surface area contributed by atoms with E-state index in [0.29, 0.717) is 17.8 Å². The molecule has 0 saturated heterocycles. The third-order valence-electron chi connectivity index (χ3n) is 3.62. The van der Waals surface area contributed by atoms with Crippen molar-refractivity contribution in [1.29, 1.82) is 0 Å². The number of amides is 2.